The fraction of sp³-hybridized carbons (Fsp3) is 0.0435. The normalized spacial score (nSPS) is 12.8. The number of benzene rings is 3. The van der Waals surface area contributed by atoms with E-state index >= 15 is 0 Å². The third-order valence-corrected chi connectivity index (χ3v) is 9.10. The van der Waals surface area contributed by atoms with Crippen molar-refractivity contribution in [2.45, 2.75) is 10.7 Å². The molecule has 0 aliphatic rings. The highest BCUT2D eigenvalue weighted by Gasteiger charge is 2.44. The average Bonchev–Trinajstić information content (AvgIpc) is 3.34. The average molecular weight is 486 g/mol. The molecule has 9 heteroatoms. The number of thiophene rings is 1. The molecule has 4 rings (SSSR count). The molecule has 0 bridgehead atoms. The molecule has 0 aliphatic heterocycles. The first-order valence-corrected chi connectivity index (χ1v) is 13.6. The van der Waals surface area contributed by atoms with Crippen LogP contribution in [0.3, 0.4) is 0 Å². The molecule has 1 heterocycles. The van der Waals surface area contributed by atoms with Crippen LogP contribution in [-0.4, -0.2) is 8.42 Å². The topological polar surface area (TPSA) is 81.7 Å². The summed E-state index contributed by atoms with van der Waals surface area (Å²) in [7, 11) is -8.19. The lowest BCUT2D eigenvalue weighted by molar-refractivity contribution is 0.369. The van der Waals surface area contributed by atoms with Crippen LogP contribution in [0.2, 0.25) is 0 Å². The second-order valence-corrected chi connectivity index (χ2v) is 11.4. The first-order valence-electron chi connectivity index (χ1n) is 9.66. The molecule has 0 saturated heterocycles. The number of para-hydroxylation sites is 2. The summed E-state index contributed by atoms with van der Waals surface area (Å²) in [5.41, 5.74) is 0. The summed E-state index contributed by atoms with van der Waals surface area (Å²) in [6, 6.07) is 28.4. The van der Waals surface area contributed by atoms with Crippen molar-refractivity contribution in [3.63, 3.8) is 0 Å². The van der Waals surface area contributed by atoms with Crippen molar-refractivity contribution in [1.82, 2.24) is 4.72 Å². The largest absolute Gasteiger partial charge is 0.453 e. The predicted molar refractivity (Wildman–Crippen MR) is 126 cm³/mol. The summed E-state index contributed by atoms with van der Waals surface area (Å²) in [5.74, 6) is -0.674. The molecule has 6 nitrogen and oxygen atoms in total. The zero-order valence-electron chi connectivity index (χ0n) is 16.8. The van der Waals surface area contributed by atoms with Gasteiger partial charge in [-0.25, -0.2) is 13.0 Å². The first-order chi connectivity index (χ1) is 15.5. The van der Waals surface area contributed by atoms with Gasteiger partial charge in [-0.1, -0.05) is 60.7 Å². The quantitative estimate of drug-likeness (QED) is 0.291. The van der Waals surface area contributed by atoms with Gasteiger partial charge in [-0.2, -0.15) is 4.72 Å². The summed E-state index contributed by atoms with van der Waals surface area (Å²) in [6.07, 6.45) is 0. The molecule has 1 N–H and O–H groups in total. The molecule has 0 spiro atoms. The standard InChI is InChI=1S/C23H20NO5PS2/c25-30(28-19-11-4-1-5-12-19,29-20-13-6-2-7-14-20)23(22-17-10-18-31-22)24-32(26,27)21-15-8-3-9-16-21/h1-18,23-24H/t23-/m1/s1. The van der Waals surface area contributed by atoms with E-state index in [4.69, 9.17) is 9.05 Å². The molecular formula is C23H20NO5PS2. The maximum atomic E-state index is 14.3. The van der Waals surface area contributed by atoms with Crippen LogP contribution in [0, 0.1) is 0 Å². The molecule has 0 saturated carbocycles. The van der Waals surface area contributed by atoms with Crippen molar-refractivity contribution >= 4 is 29.0 Å². The number of hydrogen-bond acceptors (Lipinski definition) is 6. The van der Waals surface area contributed by atoms with Gasteiger partial charge >= 0.3 is 7.60 Å². The Morgan fingerprint density at radius 3 is 1.69 bits per heavy atom. The van der Waals surface area contributed by atoms with Gasteiger partial charge in [0.25, 0.3) is 0 Å². The van der Waals surface area contributed by atoms with Gasteiger partial charge in [-0.3, -0.25) is 0 Å². The maximum Gasteiger partial charge on any atom is 0.453 e. The lowest BCUT2D eigenvalue weighted by Crippen LogP contribution is -2.30. The summed E-state index contributed by atoms with van der Waals surface area (Å²) >= 11 is 1.26. The van der Waals surface area contributed by atoms with Crippen molar-refractivity contribution in [1.29, 1.82) is 0 Å². The highest BCUT2D eigenvalue weighted by Crippen LogP contribution is 2.60. The number of rotatable bonds is 9. The molecule has 4 aromatic rings. The van der Waals surface area contributed by atoms with E-state index < -0.39 is 23.4 Å². The molecule has 1 aromatic heterocycles. The molecule has 164 valence electrons. The van der Waals surface area contributed by atoms with Crippen molar-refractivity contribution < 1.29 is 22.0 Å². The monoisotopic (exact) mass is 485 g/mol. The summed E-state index contributed by atoms with van der Waals surface area (Å²) < 4.78 is 54.9. The van der Waals surface area contributed by atoms with Crippen LogP contribution in [0.4, 0.5) is 0 Å². The van der Waals surface area contributed by atoms with E-state index in [1.54, 1.807) is 96.4 Å². The second-order valence-electron chi connectivity index (χ2n) is 6.70. The van der Waals surface area contributed by atoms with Crippen LogP contribution < -0.4 is 13.8 Å². The van der Waals surface area contributed by atoms with E-state index in [1.165, 1.54) is 23.5 Å². The molecule has 1 atom stereocenters. The van der Waals surface area contributed by atoms with Gasteiger partial charge in [-0.15, -0.1) is 11.3 Å². The Labute approximate surface area is 191 Å². The van der Waals surface area contributed by atoms with E-state index in [2.05, 4.69) is 4.72 Å². The Morgan fingerprint density at radius 2 is 1.22 bits per heavy atom. The molecule has 0 amide bonds. The van der Waals surface area contributed by atoms with Gasteiger partial charge in [0.1, 0.15) is 11.5 Å². The lowest BCUT2D eigenvalue weighted by atomic mass is 10.3. The number of nitrogens with one attached hydrogen (secondary N) is 1. The van der Waals surface area contributed by atoms with E-state index in [-0.39, 0.29) is 4.90 Å². The Morgan fingerprint density at radius 1 is 0.719 bits per heavy atom. The molecule has 32 heavy (non-hydrogen) atoms. The molecule has 0 radical (unpaired) electrons. The molecule has 3 aromatic carbocycles. The second kappa shape index (κ2) is 9.71. The van der Waals surface area contributed by atoms with Gasteiger partial charge in [0.2, 0.25) is 10.0 Å². The number of hydrogen-bond donors (Lipinski definition) is 1. The Bertz CT molecular complexity index is 1240. The smallest absolute Gasteiger partial charge is 0.415 e. The van der Waals surface area contributed by atoms with Crippen LogP contribution in [0.1, 0.15) is 10.7 Å². The van der Waals surface area contributed by atoms with Gasteiger partial charge < -0.3 is 9.05 Å². The van der Waals surface area contributed by atoms with Crippen molar-refractivity contribution in [3.05, 3.63) is 113 Å². The minimum Gasteiger partial charge on any atom is -0.415 e. The summed E-state index contributed by atoms with van der Waals surface area (Å²) in [5, 5.41) is 1.77. The van der Waals surface area contributed by atoms with E-state index in [0.717, 1.165) is 0 Å². The van der Waals surface area contributed by atoms with E-state index in [9.17, 15) is 13.0 Å². The van der Waals surface area contributed by atoms with Crippen molar-refractivity contribution in [2.75, 3.05) is 0 Å². The van der Waals surface area contributed by atoms with Gasteiger partial charge in [-0.05, 0) is 47.8 Å². The Kier molecular flexibility index (Phi) is 6.77. The van der Waals surface area contributed by atoms with Gasteiger partial charge in [0, 0.05) is 4.88 Å². The molecule has 0 fully saturated rings. The predicted octanol–water partition coefficient (Wildman–Crippen LogP) is 6.08. The van der Waals surface area contributed by atoms with Crippen molar-refractivity contribution in [2.24, 2.45) is 0 Å². The van der Waals surface area contributed by atoms with Crippen LogP contribution in [-0.2, 0) is 14.6 Å². The van der Waals surface area contributed by atoms with E-state index in [0.29, 0.717) is 16.4 Å². The van der Waals surface area contributed by atoms with Gasteiger partial charge in [0.05, 0.1) is 4.90 Å². The molecule has 0 aliphatic carbocycles. The minimum atomic E-state index is -4.16. The van der Waals surface area contributed by atoms with Crippen LogP contribution in [0.5, 0.6) is 11.5 Å². The molecule has 0 unspecified atom stereocenters. The summed E-state index contributed by atoms with van der Waals surface area (Å²) in [4.78, 5) is 0.548. The number of sulfonamides is 1. The first kappa shape index (κ1) is 22.3. The van der Waals surface area contributed by atoms with Crippen LogP contribution in [0.15, 0.2) is 113 Å². The van der Waals surface area contributed by atoms with Crippen molar-refractivity contribution in [3.8, 4) is 11.5 Å². The molecular weight excluding hydrogens is 465 g/mol. The Balaban J connectivity index is 1.79. The minimum absolute atomic E-state index is 0.0486. The zero-order valence-corrected chi connectivity index (χ0v) is 19.3. The van der Waals surface area contributed by atoms with Crippen LogP contribution in [0.25, 0.3) is 0 Å². The fourth-order valence-electron chi connectivity index (χ4n) is 2.92. The lowest BCUT2D eigenvalue weighted by Gasteiger charge is -2.27. The highest BCUT2D eigenvalue weighted by molar-refractivity contribution is 7.89. The zero-order chi connectivity index (χ0) is 22.4. The Hall–Kier alpha value is -2.90. The van der Waals surface area contributed by atoms with Gasteiger partial charge in [0.15, 0.2) is 5.78 Å². The fourth-order valence-corrected chi connectivity index (χ4v) is 7.71. The van der Waals surface area contributed by atoms with E-state index in [1.807, 2.05) is 0 Å². The third-order valence-electron chi connectivity index (χ3n) is 4.40. The maximum absolute atomic E-state index is 14.3. The summed E-state index contributed by atoms with van der Waals surface area (Å²) in [6.45, 7) is 0. The highest BCUT2D eigenvalue weighted by atomic mass is 32.2. The van der Waals surface area contributed by atoms with Crippen LogP contribution >= 0.6 is 18.9 Å². The third kappa shape index (κ3) is 5.29. The SMILES string of the molecule is O=P(Oc1ccccc1)(Oc1ccccc1)[C@@H](NS(=O)(=O)c1ccccc1)c1cccs1.